The van der Waals surface area contributed by atoms with E-state index in [1.54, 1.807) is 0 Å². The molecule has 0 N–H and O–H groups in total. The van der Waals surface area contributed by atoms with Crippen LogP contribution in [-0.2, 0) is 28.6 Å². The van der Waals surface area contributed by atoms with E-state index in [0.717, 1.165) is 77.0 Å². The van der Waals surface area contributed by atoms with Crippen molar-refractivity contribution in [2.45, 2.75) is 341 Å². The van der Waals surface area contributed by atoms with Gasteiger partial charge in [0.25, 0.3) is 0 Å². The zero-order valence-electron chi connectivity index (χ0n) is 49.4. The Balaban J connectivity index is 4.30. The Morgan fingerprint density at radius 1 is 0.270 bits per heavy atom. The first kappa shape index (κ1) is 71.1. The van der Waals surface area contributed by atoms with Gasteiger partial charge >= 0.3 is 17.9 Å². The van der Waals surface area contributed by atoms with Crippen molar-refractivity contribution in [1.29, 1.82) is 0 Å². The van der Waals surface area contributed by atoms with E-state index in [0.29, 0.717) is 19.3 Å². The molecule has 0 aromatic heterocycles. The quantitative estimate of drug-likeness (QED) is 0.0261. The van der Waals surface area contributed by atoms with Crippen molar-refractivity contribution in [3.63, 3.8) is 0 Å². The van der Waals surface area contributed by atoms with Crippen LogP contribution in [0.2, 0.25) is 0 Å². The Morgan fingerprint density at radius 3 is 0.784 bits per heavy atom. The molecule has 0 saturated heterocycles. The zero-order valence-corrected chi connectivity index (χ0v) is 49.4. The highest BCUT2D eigenvalue weighted by Crippen LogP contribution is 2.16. The molecule has 430 valence electrons. The van der Waals surface area contributed by atoms with Crippen molar-refractivity contribution >= 4 is 17.9 Å². The topological polar surface area (TPSA) is 78.9 Å². The van der Waals surface area contributed by atoms with Crippen LogP contribution in [0.5, 0.6) is 0 Å². The summed E-state index contributed by atoms with van der Waals surface area (Å²) in [6.07, 6.45) is 79.4. The third-order valence-corrected chi connectivity index (χ3v) is 14.2. The first-order valence-electron chi connectivity index (χ1n) is 32.3. The highest BCUT2D eigenvalue weighted by molar-refractivity contribution is 5.71. The van der Waals surface area contributed by atoms with Gasteiger partial charge in [0, 0.05) is 19.3 Å². The maximum absolute atomic E-state index is 12.9. The molecular weight excluding hydrogens is 913 g/mol. The van der Waals surface area contributed by atoms with Crippen molar-refractivity contribution in [3.05, 3.63) is 60.8 Å². The summed E-state index contributed by atoms with van der Waals surface area (Å²) in [5, 5.41) is 0. The van der Waals surface area contributed by atoms with Crippen LogP contribution in [0.15, 0.2) is 60.8 Å². The van der Waals surface area contributed by atoms with Gasteiger partial charge in [0.1, 0.15) is 13.2 Å². The number of unbranched alkanes of at least 4 members (excludes halogenated alkanes) is 38. The molecule has 0 aromatic carbocycles. The largest absolute Gasteiger partial charge is 0.462 e. The number of rotatable bonds is 59. The lowest BCUT2D eigenvalue weighted by atomic mass is 10.1. The minimum absolute atomic E-state index is 0.0789. The van der Waals surface area contributed by atoms with Crippen molar-refractivity contribution in [1.82, 2.24) is 0 Å². The van der Waals surface area contributed by atoms with Gasteiger partial charge in [-0.2, -0.15) is 0 Å². The van der Waals surface area contributed by atoms with Crippen LogP contribution in [0.4, 0.5) is 0 Å². The summed E-state index contributed by atoms with van der Waals surface area (Å²) in [5.41, 5.74) is 0. The van der Waals surface area contributed by atoms with Crippen LogP contribution in [0, 0.1) is 0 Å². The predicted octanol–water partition coefficient (Wildman–Crippen LogP) is 21.9. The van der Waals surface area contributed by atoms with E-state index >= 15 is 0 Å². The smallest absolute Gasteiger partial charge is 0.306 e. The van der Waals surface area contributed by atoms with E-state index in [1.165, 1.54) is 218 Å². The summed E-state index contributed by atoms with van der Waals surface area (Å²) >= 11 is 0. The molecule has 0 rings (SSSR count). The average molecular weight is 1040 g/mol. The maximum atomic E-state index is 12.9. The molecule has 6 heteroatoms. The van der Waals surface area contributed by atoms with E-state index in [2.05, 4.69) is 81.5 Å². The Bertz CT molecular complexity index is 1330. The fourth-order valence-corrected chi connectivity index (χ4v) is 9.32. The third-order valence-electron chi connectivity index (χ3n) is 14.2. The molecule has 0 fully saturated rings. The average Bonchev–Trinajstić information content (AvgIpc) is 3.40. The third kappa shape index (κ3) is 60.0. The molecular formula is C68H122O6. The summed E-state index contributed by atoms with van der Waals surface area (Å²) in [4.78, 5) is 38.3. The predicted molar refractivity (Wildman–Crippen MR) is 321 cm³/mol. The number of esters is 3. The van der Waals surface area contributed by atoms with Crippen molar-refractivity contribution in [2.24, 2.45) is 0 Å². The number of ether oxygens (including phenoxy) is 3. The van der Waals surface area contributed by atoms with E-state index in [1.807, 2.05) is 0 Å². The lowest BCUT2D eigenvalue weighted by molar-refractivity contribution is -0.167. The Labute approximate surface area is 460 Å². The van der Waals surface area contributed by atoms with Gasteiger partial charge in [-0.15, -0.1) is 0 Å². The first-order chi connectivity index (χ1) is 36.5. The van der Waals surface area contributed by atoms with Crippen LogP contribution in [0.25, 0.3) is 0 Å². The van der Waals surface area contributed by atoms with Crippen LogP contribution < -0.4 is 0 Å². The first-order valence-corrected chi connectivity index (χ1v) is 32.3. The highest BCUT2D eigenvalue weighted by Gasteiger charge is 2.19. The molecule has 0 bridgehead atoms. The zero-order chi connectivity index (χ0) is 53.6. The molecule has 0 aliphatic heterocycles. The van der Waals surface area contributed by atoms with Gasteiger partial charge in [-0.1, -0.05) is 268 Å². The van der Waals surface area contributed by atoms with Crippen LogP contribution in [0.3, 0.4) is 0 Å². The summed E-state index contributed by atoms with van der Waals surface area (Å²) in [6, 6.07) is 0. The monoisotopic (exact) mass is 1030 g/mol. The Kier molecular flexibility index (Phi) is 60.2. The second kappa shape index (κ2) is 62.6. The Hall–Kier alpha value is -2.89. The van der Waals surface area contributed by atoms with Crippen LogP contribution >= 0.6 is 0 Å². The van der Waals surface area contributed by atoms with E-state index in [9.17, 15) is 14.4 Å². The van der Waals surface area contributed by atoms with Gasteiger partial charge in [0.05, 0.1) is 0 Å². The van der Waals surface area contributed by atoms with E-state index in [-0.39, 0.29) is 31.1 Å². The molecule has 74 heavy (non-hydrogen) atoms. The second-order valence-electron chi connectivity index (χ2n) is 21.7. The van der Waals surface area contributed by atoms with Gasteiger partial charge in [0.2, 0.25) is 0 Å². The molecule has 6 nitrogen and oxygen atoms in total. The summed E-state index contributed by atoms with van der Waals surface area (Å²) in [6.45, 7) is 6.64. The minimum atomic E-state index is -0.782. The van der Waals surface area contributed by atoms with Crippen LogP contribution in [-0.4, -0.2) is 37.2 Å². The number of hydrogen-bond acceptors (Lipinski definition) is 6. The molecule has 0 heterocycles. The van der Waals surface area contributed by atoms with E-state index < -0.39 is 6.10 Å². The number of carbonyl (C=O) groups is 3. The molecule has 1 unspecified atom stereocenters. The van der Waals surface area contributed by atoms with Gasteiger partial charge < -0.3 is 14.2 Å². The number of carbonyl (C=O) groups excluding carboxylic acids is 3. The summed E-state index contributed by atoms with van der Waals surface area (Å²) < 4.78 is 16.9. The molecule has 0 aromatic rings. The number of hydrogen-bond donors (Lipinski definition) is 0. The molecule has 1 atom stereocenters. The van der Waals surface area contributed by atoms with Gasteiger partial charge in [-0.05, 0) is 109 Å². The Morgan fingerprint density at radius 2 is 0.486 bits per heavy atom. The molecule has 0 saturated carbocycles. The van der Waals surface area contributed by atoms with Crippen molar-refractivity contribution in [3.8, 4) is 0 Å². The fraction of sp³-hybridized carbons (Fsp3) is 0.809. The highest BCUT2D eigenvalue weighted by atomic mass is 16.6. The van der Waals surface area contributed by atoms with E-state index in [4.69, 9.17) is 14.2 Å². The van der Waals surface area contributed by atoms with Gasteiger partial charge in [0.15, 0.2) is 6.10 Å². The lowest BCUT2D eigenvalue weighted by Gasteiger charge is -2.18. The SMILES string of the molecule is CCCCCC/C=C\CCCCCCCC(=O)OCC(COC(=O)CCCCCCCCCCCC/C=C\C/C=C\C/C=C\CCCCCCC)OC(=O)CCCCCCCCC/C=C\CCCCCCCCC. The molecule has 0 amide bonds. The van der Waals surface area contributed by atoms with Crippen molar-refractivity contribution in [2.75, 3.05) is 13.2 Å². The van der Waals surface area contributed by atoms with Gasteiger partial charge in [-0.25, -0.2) is 0 Å². The second-order valence-corrected chi connectivity index (χ2v) is 21.7. The molecule has 0 aliphatic carbocycles. The molecule has 0 radical (unpaired) electrons. The molecule has 0 spiro atoms. The number of allylic oxidation sites excluding steroid dienone is 10. The normalized spacial score (nSPS) is 12.4. The minimum Gasteiger partial charge on any atom is -0.462 e. The summed E-state index contributed by atoms with van der Waals surface area (Å²) in [5.74, 6) is -0.880. The standard InChI is InChI=1S/C68H122O6/c1-4-7-10-13-16-19-22-25-27-29-31-32-33-34-35-36-37-39-40-43-46-49-52-55-58-61-67(70)73-64-65(63-72-66(69)60-57-54-51-48-45-42-24-21-18-15-12-9-6-3)74-68(71)62-59-56-53-50-47-44-41-38-30-28-26-23-20-17-14-11-8-5-2/h21-22,24-25,28-31,33-34,65H,4-20,23,26-27,32,35-64H2,1-3H3/b24-21-,25-22-,30-28-,31-29-,34-33-. The van der Waals surface area contributed by atoms with Crippen LogP contribution in [0.1, 0.15) is 335 Å². The molecule has 0 aliphatic rings. The maximum Gasteiger partial charge on any atom is 0.306 e. The fourth-order valence-electron chi connectivity index (χ4n) is 9.32. The summed E-state index contributed by atoms with van der Waals surface area (Å²) in [7, 11) is 0. The van der Waals surface area contributed by atoms with Gasteiger partial charge in [-0.3, -0.25) is 14.4 Å². The van der Waals surface area contributed by atoms with Crippen molar-refractivity contribution < 1.29 is 28.6 Å². The lowest BCUT2D eigenvalue weighted by Crippen LogP contribution is -2.30.